The van der Waals surface area contributed by atoms with Crippen LogP contribution in [0.4, 0.5) is 5.69 Å². The number of pyridine rings is 1. The Morgan fingerprint density at radius 2 is 1.88 bits per heavy atom. The Morgan fingerprint density at radius 3 is 2.60 bits per heavy atom. The van der Waals surface area contributed by atoms with Crippen molar-refractivity contribution in [3.63, 3.8) is 0 Å². The summed E-state index contributed by atoms with van der Waals surface area (Å²) in [6.07, 6.45) is 2.00. The number of para-hydroxylation sites is 2. The Kier molecular flexibility index (Phi) is 8.30. The number of thiocarbonyl (C=S) groups is 1. The van der Waals surface area contributed by atoms with Crippen LogP contribution in [0.2, 0.25) is 10.0 Å². The molecule has 1 aliphatic heterocycles. The quantitative estimate of drug-likeness (QED) is 0.219. The fourth-order valence-electron chi connectivity index (χ4n) is 5.29. The van der Waals surface area contributed by atoms with Gasteiger partial charge in [0.1, 0.15) is 5.75 Å². The second-order valence-electron chi connectivity index (χ2n) is 9.58. The molecule has 40 heavy (non-hydrogen) atoms. The van der Waals surface area contributed by atoms with Gasteiger partial charge in [-0.2, -0.15) is 0 Å². The fourth-order valence-corrected chi connectivity index (χ4v) is 6.11. The van der Waals surface area contributed by atoms with Gasteiger partial charge in [0, 0.05) is 35.6 Å². The van der Waals surface area contributed by atoms with E-state index in [9.17, 15) is 4.79 Å². The van der Waals surface area contributed by atoms with Crippen molar-refractivity contribution >= 4 is 52.1 Å². The molecule has 1 amide bonds. The van der Waals surface area contributed by atoms with Crippen molar-refractivity contribution in [3.05, 3.63) is 106 Å². The second-order valence-corrected chi connectivity index (χ2v) is 10.8. The highest BCUT2D eigenvalue weighted by Gasteiger charge is 2.41. The highest BCUT2D eigenvalue weighted by atomic mass is 35.5. The normalized spacial score (nSPS) is 16.6. The van der Waals surface area contributed by atoms with Crippen molar-refractivity contribution in [3.8, 4) is 11.4 Å². The van der Waals surface area contributed by atoms with Gasteiger partial charge in [0.2, 0.25) is 5.91 Å². The van der Waals surface area contributed by atoms with Gasteiger partial charge in [-0.15, -0.1) is 0 Å². The van der Waals surface area contributed by atoms with E-state index in [4.69, 9.17) is 40.2 Å². The highest BCUT2D eigenvalue weighted by Crippen LogP contribution is 2.42. The standard InChI is InChI=1S/C30H29Cl2N5O2S/c1-18-16-21(19(2)37(18)25-12-11-20(31)17-22(25)32)29-28(24-9-6-7-14-33-24)35-30(40)36(29)15-13-27(38)34-23-8-4-5-10-26(23)39-3/h4-12,14,16-17,28-29H,13,15H2,1-3H3,(H,34,38)(H,35,40)/t28-,29+/m0/s1. The van der Waals surface area contributed by atoms with Crippen LogP contribution in [0.3, 0.4) is 0 Å². The smallest absolute Gasteiger partial charge is 0.226 e. The summed E-state index contributed by atoms with van der Waals surface area (Å²) in [7, 11) is 1.58. The van der Waals surface area contributed by atoms with Crippen LogP contribution in [0.1, 0.15) is 41.1 Å². The van der Waals surface area contributed by atoms with Gasteiger partial charge >= 0.3 is 0 Å². The van der Waals surface area contributed by atoms with E-state index in [1.54, 1.807) is 19.4 Å². The third-order valence-electron chi connectivity index (χ3n) is 7.10. The number of amides is 1. The Hall–Kier alpha value is -3.59. The number of aryl methyl sites for hydroxylation is 1. The molecular formula is C30H29Cl2N5O2S. The summed E-state index contributed by atoms with van der Waals surface area (Å²) < 4.78 is 7.50. The van der Waals surface area contributed by atoms with Crippen molar-refractivity contribution in [2.45, 2.75) is 32.4 Å². The summed E-state index contributed by atoms with van der Waals surface area (Å²) in [5.74, 6) is 0.473. The molecule has 206 valence electrons. The number of hydrogen-bond acceptors (Lipinski definition) is 4. The first kappa shape index (κ1) is 28.0. The predicted molar refractivity (Wildman–Crippen MR) is 164 cm³/mol. The molecule has 3 heterocycles. The lowest BCUT2D eigenvalue weighted by Gasteiger charge is -2.28. The summed E-state index contributed by atoms with van der Waals surface area (Å²) in [4.78, 5) is 19.7. The van der Waals surface area contributed by atoms with Crippen LogP contribution in [-0.4, -0.2) is 39.1 Å². The number of methoxy groups -OCH3 is 1. The Labute approximate surface area is 249 Å². The number of aromatic nitrogens is 2. The van der Waals surface area contributed by atoms with Crippen LogP contribution in [0, 0.1) is 13.8 Å². The van der Waals surface area contributed by atoms with Gasteiger partial charge in [-0.05, 0) is 80.2 Å². The van der Waals surface area contributed by atoms with E-state index >= 15 is 0 Å². The molecule has 0 bridgehead atoms. The average molecular weight is 595 g/mol. The monoisotopic (exact) mass is 593 g/mol. The first-order valence-electron chi connectivity index (χ1n) is 12.8. The lowest BCUT2D eigenvalue weighted by atomic mass is 9.96. The zero-order valence-electron chi connectivity index (χ0n) is 22.3. The maximum absolute atomic E-state index is 13.0. The molecule has 2 atom stereocenters. The molecule has 0 unspecified atom stereocenters. The number of nitrogens with one attached hydrogen (secondary N) is 2. The van der Waals surface area contributed by atoms with Gasteiger partial charge in [0.05, 0.1) is 41.3 Å². The van der Waals surface area contributed by atoms with Gasteiger partial charge < -0.3 is 24.8 Å². The molecule has 1 fully saturated rings. The Bertz CT molecular complexity index is 1560. The third kappa shape index (κ3) is 5.52. The predicted octanol–water partition coefficient (Wildman–Crippen LogP) is 6.81. The molecule has 1 saturated heterocycles. The Morgan fingerprint density at radius 1 is 1.10 bits per heavy atom. The zero-order chi connectivity index (χ0) is 28.4. The van der Waals surface area contributed by atoms with E-state index in [1.807, 2.05) is 61.5 Å². The first-order valence-corrected chi connectivity index (χ1v) is 14.0. The van der Waals surface area contributed by atoms with Crippen LogP contribution in [0.15, 0.2) is 72.9 Å². The zero-order valence-corrected chi connectivity index (χ0v) is 24.6. The number of halogens is 2. The van der Waals surface area contributed by atoms with Crippen LogP contribution < -0.4 is 15.4 Å². The molecule has 2 aromatic carbocycles. The lowest BCUT2D eigenvalue weighted by molar-refractivity contribution is -0.116. The topological polar surface area (TPSA) is 71.4 Å². The summed E-state index contributed by atoms with van der Waals surface area (Å²) in [6.45, 7) is 4.52. The SMILES string of the molecule is COc1ccccc1NC(=O)CCN1C(=S)N[C@@H](c2ccccn2)[C@H]1c1cc(C)n(-c2ccc(Cl)cc2Cl)c1C. The molecule has 2 aromatic heterocycles. The first-order chi connectivity index (χ1) is 19.3. The van der Waals surface area contributed by atoms with Crippen molar-refractivity contribution in [2.24, 2.45) is 0 Å². The number of benzene rings is 2. The summed E-state index contributed by atoms with van der Waals surface area (Å²) in [5.41, 5.74) is 5.44. The van der Waals surface area contributed by atoms with E-state index < -0.39 is 0 Å². The van der Waals surface area contributed by atoms with Gasteiger partial charge in [-0.25, -0.2) is 0 Å². The molecule has 4 aromatic rings. The largest absolute Gasteiger partial charge is 0.495 e. The average Bonchev–Trinajstić information content (AvgIpc) is 3.42. The van der Waals surface area contributed by atoms with E-state index in [0.29, 0.717) is 33.1 Å². The number of hydrogen-bond donors (Lipinski definition) is 2. The van der Waals surface area contributed by atoms with Crippen LogP contribution >= 0.6 is 35.4 Å². The van der Waals surface area contributed by atoms with Gasteiger partial charge in [0.15, 0.2) is 5.11 Å². The number of ether oxygens (including phenoxy) is 1. The molecule has 10 heteroatoms. The van der Waals surface area contributed by atoms with E-state index in [-0.39, 0.29) is 24.4 Å². The number of carbonyl (C=O) groups is 1. The summed E-state index contributed by atoms with van der Waals surface area (Å²) >= 11 is 18.6. The maximum Gasteiger partial charge on any atom is 0.226 e. The van der Waals surface area contributed by atoms with Crippen molar-refractivity contribution in [1.82, 2.24) is 19.8 Å². The number of nitrogens with zero attached hydrogens (tertiary/aromatic N) is 3. The maximum atomic E-state index is 13.0. The molecule has 0 aliphatic carbocycles. The molecule has 7 nitrogen and oxygen atoms in total. The summed E-state index contributed by atoms with van der Waals surface area (Å²) in [5, 5.41) is 8.13. The third-order valence-corrected chi connectivity index (χ3v) is 7.99. The molecule has 1 aliphatic rings. The van der Waals surface area contributed by atoms with Crippen LogP contribution in [0.25, 0.3) is 5.69 Å². The summed E-state index contributed by atoms with van der Waals surface area (Å²) in [6, 6.07) is 20.4. The van der Waals surface area contributed by atoms with Crippen LogP contribution in [0.5, 0.6) is 5.75 Å². The van der Waals surface area contributed by atoms with Gasteiger partial charge in [0.25, 0.3) is 0 Å². The second kappa shape index (κ2) is 11.9. The van der Waals surface area contributed by atoms with E-state index in [1.165, 1.54) is 0 Å². The van der Waals surface area contributed by atoms with E-state index in [0.717, 1.165) is 28.3 Å². The van der Waals surface area contributed by atoms with Crippen molar-refractivity contribution < 1.29 is 9.53 Å². The Balaban J connectivity index is 1.48. The number of anilines is 1. The molecule has 2 N–H and O–H groups in total. The minimum Gasteiger partial charge on any atom is -0.495 e. The van der Waals surface area contributed by atoms with Crippen molar-refractivity contribution in [1.29, 1.82) is 0 Å². The molecule has 0 saturated carbocycles. The highest BCUT2D eigenvalue weighted by molar-refractivity contribution is 7.80. The number of rotatable bonds is 8. The molecule has 0 radical (unpaired) electrons. The molecular weight excluding hydrogens is 565 g/mol. The number of carbonyl (C=O) groups excluding carboxylic acids is 1. The van der Waals surface area contributed by atoms with E-state index in [2.05, 4.69) is 38.1 Å². The minimum absolute atomic E-state index is 0.134. The van der Waals surface area contributed by atoms with Gasteiger partial charge in [-0.1, -0.05) is 41.4 Å². The molecule has 5 rings (SSSR count). The van der Waals surface area contributed by atoms with Crippen molar-refractivity contribution in [2.75, 3.05) is 19.0 Å². The van der Waals surface area contributed by atoms with Gasteiger partial charge in [-0.3, -0.25) is 9.78 Å². The fraction of sp³-hybridized carbons (Fsp3) is 0.233. The lowest BCUT2D eigenvalue weighted by Crippen LogP contribution is -2.33. The minimum atomic E-state index is -0.208. The molecule has 0 spiro atoms. The van der Waals surface area contributed by atoms with Crippen LogP contribution in [-0.2, 0) is 4.79 Å².